The zero-order valence-corrected chi connectivity index (χ0v) is 16.2. The number of benzene rings is 1. The van der Waals surface area contributed by atoms with Crippen molar-refractivity contribution in [1.29, 1.82) is 0 Å². The van der Waals surface area contributed by atoms with Crippen LogP contribution in [0.1, 0.15) is 52.5 Å². The van der Waals surface area contributed by atoms with Gasteiger partial charge in [-0.1, -0.05) is 24.1 Å². The van der Waals surface area contributed by atoms with Gasteiger partial charge in [0, 0.05) is 29.6 Å². The fourth-order valence-corrected chi connectivity index (χ4v) is 3.67. The normalized spacial score (nSPS) is 16.1. The summed E-state index contributed by atoms with van der Waals surface area (Å²) in [5, 5.41) is 8.00. The molecule has 1 aromatic carbocycles. The maximum Gasteiger partial charge on any atom is 0.251 e. The van der Waals surface area contributed by atoms with Crippen molar-refractivity contribution in [1.82, 2.24) is 20.1 Å². The number of hydrogen-bond acceptors (Lipinski definition) is 4. The molecular weight excluding hydrogens is 352 g/mol. The van der Waals surface area contributed by atoms with Gasteiger partial charge in [-0.25, -0.2) is 9.67 Å². The maximum atomic E-state index is 12.8. The van der Waals surface area contributed by atoms with E-state index in [0.29, 0.717) is 11.4 Å². The Morgan fingerprint density at radius 3 is 2.96 bits per heavy atom. The van der Waals surface area contributed by atoms with Crippen LogP contribution in [0, 0.1) is 6.92 Å². The predicted molar refractivity (Wildman–Crippen MR) is 107 cm³/mol. The SMILES string of the molecule is COc1cc(-n2cc3c(n2)CCCC[C@@H]3NC(=O)c2cccc(C)c2)ccn1. The van der Waals surface area contributed by atoms with Gasteiger partial charge in [-0.05, 0) is 44.4 Å². The summed E-state index contributed by atoms with van der Waals surface area (Å²) in [5.41, 5.74) is 4.80. The number of aryl methyl sites for hydroxylation is 2. The van der Waals surface area contributed by atoms with Gasteiger partial charge in [0.2, 0.25) is 5.88 Å². The van der Waals surface area contributed by atoms with Crippen molar-refractivity contribution in [2.45, 2.75) is 38.6 Å². The molecule has 2 heterocycles. The summed E-state index contributed by atoms with van der Waals surface area (Å²) in [7, 11) is 1.60. The summed E-state index contributed by atoms with van der Waals surface area (Å²) >= 11 is 0. The summed E-state index contributed by atoms with van der Waals surface area (Å²) < 4.78 is 7.07. The highest BCUT2D eigenvalue weighted by molar-refractivity contribution is 5.94. The van der Waals surface area contributed by atoms with E-state index in [4.69, 9.17) is 9.84 Å². The lowest BCUT2D eigenvalue weighted by atomic mass is 10.0. The lowest BCUT2D eigenvalue weighted by Gasteiger charge is -2.17. The molecular formula is C22H24N4O2. The van der Waals surface area contributed by atoms with Crippen molar-refractivity contribution in [2.24, 2.45) is 0 Å². The van der Waals surface area contributed by atoms with Crippen molar-refractivity contribution in [3.63, 3.8) is 0 Å². The van der Waals surface area contributed by atoms with Crippen LogP contribution < -0.4 is 10.1 Å². The summed E-state index contributed by atoms with van der Waals surface area (Å²) in [6, 6.07) is 11.4. The fourth-order valence-electron chi connectivity index (χ4n) is 3.67. The molecule has 1 aliphatic carbocycles. The number of hydrogen-bond donors (Lipinski definition) is 1. The first-order valence-electron chi connectivity index (χ1n) is 9.60. The predicted octanol–water partition coefficient (Wildman–Crippen LogP) is 3.78. The summed E-state index contributed by atoms with van der Waals surface area (Å²) in [4.78, 5) is 16.9. The third-order valence-electron chi connectivity index (χ3n) is 5.13. The van der Waals surface area contributed by atoms with Gasteiger partial charge in [0.1, 0.15) is 0 Å². The van der Waals surface area contributed by atoms with Gasteiger partial charge in [0.05, 0.1) is 24.5 Å². The van der Waals surface area contributed by atoms with Crippen molar-refractivity contribution in [3.05, 3.63) is 71.2 Å². The minimum atomic E-state index is -0.0418. The van der Waals surface area contributed by atoms with Crippen molar-refractivity contribution >= 4 is 5.91 Å². The van der Waals surface area contributed by atoms with Gasteiger partial charge >= 0.3 is 0 Å². The van der Waals surface area contributed by atoms with E-state index < -0.39 is 0 Å². The second-order valence-corrected chi connectivity index (χ2v) is 7.17. The number of nitrogens with zero attached hydrogens (tertiary/aromatic N) is 3. The monoisotopic (exact) mass is 376 g/mol. The third-order valence-corrected chi connectivity index (χ3v) is 5.13. The molecule has 1 atom stereocenters. The molecule has 6 nitrogen and oxygen atoms in total. The number of aromatic nitrogens is 3. The number of carbonyl (C=O) groups is 1. The van der Waals surface area contributed by atoms with Crippen LogP contribution in [0.15, 0.2) is 48.8 Å². The van der Waals surface area contributed by atoms with Crippen LogP contribution in [0.3, 0.4) is 0 Å². The van der Waals surface area contributed by atoms with E-state index in [1.165, 1.54) is 0 Å². The Morgan fingerprint density at radius 1 is 1.25 bits per heavy atom. The van der Waals surface area contributed by atoms with E-state index in [1.54, 1.807) is 13.3 Å². The summed E-state index contributed by atoms with van der Waals surface area (Å²) in [6.07, 6.45) is 7.70. The topological polar surface area (TPSA) is 69.0 Å². The standard InChI is InChI=1S/C22H24N4O2/c1-15-6-5-7-16(12-15)22(27)24-19-8-3-4-9-20-18(19)14-26(25-20)17-10-11-23-21(13-17)28-2/h5-7,10-14,19H,3-4,8-9H2,1-2H3,(H,24,27)/t19-/m0/s1. The quantitative estimate of drug-likeness (QED) is 0.704. The minimum absolute atomic E-state index is 0.0389. The minimum Gasteiger partial charge on any atom is -0.481 e. The van der Waals surface area contributed by atoms with Gasteiger partial charge in [0.25, 0.3) is 5.91 Å². The molecule has 0 saturated carbocycles. The summed E-state index contributed by atoms with van der Waals surface area (Å²) in [6.45, 7) is 1.99. The molecule has 6 heteroatoms. The van der Waals surface area contributed by atoms with Crippen LogP contribution >= 0.6 is 0 Å². The average Bonchev–Trinajstić information content (AvgIpc) is 3.06. The largest absolute Gasteiger partial charge is 0.481 e. The Kier molecular flexibility index (Phi) is 5.10. The molecule has 4 rings (SSSR count). The third kappa shape index (κ3) is 3.76. The Hall–Kier alpha value is -3.15. The molecule has 3 aromatic rings. The first-order chi connectivity index (χ1) is 13.6. The number of carbonyl (C=O) groups excluding carboxylic acids is 1. The number of methoxy groups -OCH3 is 1. The molecule has 28 heavy (non-hydrogen) atoms. The van der Waals surface area contributed by atoms with Crippen LogP contribution in [0.5, 0.6) is 5.88 Å². The Balaban J connectivity index is 1.62. The molecule has 0 radical (unpaired) electrons. The average molecular weight is 376 g/mol. The Morgan fingerprint density at radius 2 is 2.14 bits per heavy atom. The van der Waals surface area contributed by atoms with Crippen LogP contribution in [-0.2, 0) is 6.42 Å². The number of rotatable bonds is 4. The van der Waals surface area contributed by atoms with E-state index in [1.807, 2.05) is 54.2 Å². The molecule has 0 spiro atoms. The van der Waals surface area contributed by atoms with Crippen molar-refractivity contribution in [3.8, 4) is 11.6 Å². The lowest BCUT2D eigenvalue weighted by molar-refractivity contribution is 0.0934. The van der Waals surface area contributed by atoms with Gasteiger partial charge < -0.3 is 10.1 Å². The van der Waals surface area contributed by atoms with Crippen LogP contribution in [0.2, 0.25) is 0 Å². The molecule has 2 aromatic heterocycles. The van der Waals surface area contributed by atoms with E-state index in [-0.39, 0.29) is 11.9 Å². The van der Waals surface area contributed by atoms with Gasteiger partial charge in [-0.15, -0.1) is 0 Å². The first kappa shape index (κ1) is 18.2. The Labute approximate surface area is 164 Å². The van der Waals surface area contributed by atoms with Gasteiger partial charge in [0.15, 0.2) is 0 Å². The molecule has 144 valence electrons. The molecule has 0 fully saturated rings. The summed E-state index contributed by atoms with van der Waals surface area (Å²) in [5.74, 6) is 0.507. The molecule has 1 amide bonds. The van der Waals surface area contributed by atoms with Crippen LogP contribution in [0.4, 0.5) is 0 Å². The molecule has 1 N–H and O–H groups in total. The zero-order chi connectivity index (χ0) is 19.5. The first-order valence-corrected chi connectivity index (χ1v) is 9.60. The van der Waals surface area contributed by atoms with Crippen LogP contribution in [-0.4, -0.2) is 27.8 Å². The highest BCUT2D eigenvalue weighted by Crippen LogP contribution is 2.29. The molecule has 0 bridgehead atoms. The second kappa shape index (κ2) is 7.84. The number of amides is 1. The second-order valence-electron chi connectivity index (χ2n) is 7.17. The molecule has 0 aliphatic heterocycles. The number of pyridine rings is 1. The van der Waals surface area contributed by atoms with Crippen LogP contribution in [0.25, 0.3) is 5.69 Å². The van der Waals surface area contributed by atoms with E-state index >= 15 is 0 Å². The Bertz CT molecular complexity index is 996. The van der Waals surface area contributed by atoms with Gasteiger partial charge in [-0.2, -0.15) is 5.10 Å². The van der Waals surface area contributed by atoms with Crippen molar-refractivity contribution in [2.75, 3.05) is 7.11 Å². The maximum absolute atomic E-state index is 12.8. The number of nitrogens with one attached hydrogen (secondary N) is 1. The number of fused-ring (bicyclic) bond motifs is 1. The molecule has 0 unspecified atom stereocenters. The number of ether oxygens (including phenoxy) is 1. The van der Waals surface area contributed by atoms with E-state index in [9.17, 15) is 4.79 Å². The van der Waals surface area contributed by atoms with Gasteiger partial charge in [-0.3, -0.25) is 4.79 Å². The fraction of sp³-hybridized carbons (Fsp3) is 0.318. The van der Waals surface area contributed by atoms with E-state index in [2.05, 4.69) is 10.3 Å². The highest BCUT2D eigenvalue weighted by atomic mass is 16.5. The molecule has 0 saturated heterocycles. The molecule has 1 aliphatic rings. The van der Waals surface area contributed by atoms with Crippen molar-refractivity contribution < 1.29 is 9.53 Å². The highest BCUT2D eigenvalue weighted by Gasteiger charge is 2.24. The zero-order valence-electron chi connectivity index (χ0n) is 16.2. The van der Waals surface area contributed by atoms with E-state index in [0.717, 1.165) is 48.2 Å². The smallest absolute Gasteiger partial charge is 0.251 e. The lowest BCUT2D eigenvalue weighted by Crippen LogP contribution is -2.28.